The van der Waals surface area contributed by atoms with Gasteiger partial charge in [-0.2, -0.15) is 0 Å². The van der Waals surface area contributed by atoms with Crippen molar-refractivity contribution in [2.75, 3.05) is 13.1 Å². The second-order valence-corrected chi connectivity index (χ2v) is 6.34. The topological polar surface area (TPSA) is 34.1 Å². The Kier molecular flexibility index (Phi) is 5.29. The summed E-state index contributed by atoms with van der Waals surface area (Å²) < 4.78 is 5.98. The van der Waals surface area contributed by atoms with Crippen molar-refractivity contribution in [2.45, 2.75) is 45.6 Å². The Hall–Kier alpha value is -1.87. The SMILES string of the molecule is CCc1cc(C)ccc1COc1cccc(C2CCNCC2)n1. The standard InChI is InChI=1S/C20H26N2O/c1-3-16-13-15(2)7-8-18(16)14-23-20-6-4-5-19(22-20)17-9-11-21-12-10-17/h4-8,13,17,21H,3,9-12,14H2,1-2H3. The van der Waals surface area contributed by atoms with E-state index < -0.39 is 0 Å². The van der Waals surface area contributed by atoms with E-state index in [1.807, 2.05) is 6.07 Å². The van der Waals surface area contributed by atoms with Crippen molar-refractivity contribution in [1.29, 1.82) is 0 Å². The minimum absolute atomic E-state index is 0.561. The van der Waals surface area contributed by atoms with Gasteiger partial charge in [-0.1, -0.05) is 36.8 Å². The minimum Gasteiger partial charge on any atom is -0.473 e. The molecule has 3 nitrogen and oxygen atoms in total. The average Bonchev–Trinajstić information content (AvgIpc) is 2.61. The molecule has 0 radical (unpaired) electrons. The zero-order chi connectivity index (χ0) is 16.1. The molecular formula is C20H26N2O. The summed E-state index contributed by atoms with van der Waals surface area (Å²) in [5, 5.41) is 3.40. The van der Waals surface area contributed by atoms with E-state index in [9.17, 15) is 0 Å². The number of ether oxygens (including phenoxy) is 1. The van der Waals surface area contributed by atoms with E-state index in [-0.39, 0.29) is 0 Å². The van der Waals surface area contributed by atoms with Gasteiger partial charge in [-0.15, -0.1) is 0 Å². The molecule has 3 heteroatoms. The normalized spacial score (nSPS) is 15.6. The van der Waals surface area contributed by atoms with E-state index in [4.69, 9.17) is 9.72 Å². The lowest BCUT2D eigenvalue weighted by Gasteiger charge is -2.22. The van der Waals surface area contributed by atoms with Gasteiger partial charge in [0.1, 0.15) is 6.61 Å². The number of aryl methyl sites for hydroxylation is 2. The predicted molar refractivity (Wildman–Crippen MR) is 94.0 cm³/mol. The highest BCUT2D eigenvalue weighted by Gasteiger charge is 2.16. The van der Waals surface area contributed by atoms with E-state index in [0.717, 1.165) is 38.2 Å². The summed E-state index contributed by atoms with van der Waals surface area (Å²) in [5.74, 6) is 1.30. The Labute approximate surface area is 139 Å². The van der Waals surface area contributed by atoms with Gasteiger partial charge in [-0.3, -0.25) is 0 Å². The summed E-state index contributed by atoms with van der Waals surface area (Å²) in [5.41, 5.74) is 5.09. The van der Waals surface area contributed by atoms with Crippen molar-refractivity contribution in [2.24, 2.45) is 0 Å². The first-order chi connectivity index (χ1) is 11.3. The molecule has 0 saturated carbocycles. The Morgan fingerprint density at radius 3 is 2.74 bits per heavy atom. The van der Waals surface area contributed by atoms with Crippen LogP contribution in [0.3, 0.4) is 0 Å². The van der Waals surface area contributed by atoms with Crippen LogP contribution in [0.2, 0.25) is 0 Å². The quantitative estimate of drug-likeness (QED) is 0.906. The van der Waals surface area contributed by atoms with E-state index >= 15 is 0 Å². The third kappa shape index (κ3) is 4.11. The molecule has 122 valence electrons. The molecule has 0 aliphatic carbocycles. The molecule has 1 aromatic heterocycles. The van der Waals surface area contributed by atoms with Crippen LogP contribution in [0.5, 0.6) is 5.88 Å². The second-order valence-electron chi connectivity index (χ2n) is 6.34. The molecule has 0 spiro atoms. The number of nitrogens with one attached hydrogen (secondary N) is 1. The van der Waals surface area contributed by atoms with Crippen LogP contribution >= 0.6 is 0 Å². The molecule has 0 unspecified atom stereocenters. The van der Waals surface area contributed by atoms with Crippen molar-refractivity contribution in [3.63, 3.8) is 0 Å². The molecule has 1 fully saturated rings. The molecule has 1 saturated heterocycles. The number of benzene rings is 1. The van der Waals surface area contributed by atoms with Gasteiger partial charge in [-0.05, 0) is 56.5 Å². The maximum Gasteiger partial charge on any atom is 0.213 e. The second kappa shape index (κ2) is 7.60. The maximum absolute atomic E-state index is 5.98. The van der Waals surface area contributed by atoms with Crippen LogP contribution in [0.25, 0.3) is 0 Å². The zero-order valence-corrected chi connectivity index (χ0v) is 14.1. The van der Waals surface area contributed by atoms with E-state index in [2.05, 4.69) is 49.5 Å². The van der Waals surface area contributed by atoms with E-state index in [1.165, 1.54) is 22.4 Å². The van der Waals surface area contributed by atoms with Crippen LogP contribution in [-0.4, -0.2) is 18.1 Å². The van der Waals surface area contributed by atoms with Crippen LogP contribution in [0, 0.1) is 6.92 Å². The highest BCUT2D eigenvalue weighted by Crippen LogP contribution is 2.25. The first-order valence-corrected chi connectivity index (χ1v) is 8.65. The lowest BCUT2D eigenvalue weighted by molar-refractivity contribution is 0.290. The van der Waals surface area contributed by atoms with Crippen LogP contribution < -0.4 is 10.1 Å². The lowest BCUT2D eigenvalue weighted by Crippen LogP contribution is -2.27. The number of rotatable bonds is 5. The van der Waals surface area contributed by atoms with Crippen molar-refractivity contribution in [3.8, 4) is 5.88 Å². The first kappa shape index (κ1) is 16.0. The Morgan fingerprint density at radius 2 is 1.96 bits per heavy atom. The number of hydrogen-bond acceptors (Lipinski definition) is 3. The molecule has 1 aliphatic rings. The molecule has 1 N–H and O–H groups in total. The van der Waals surface area contributed by atoms with E-state index in [1.54, 1.807) is 0 Å². The molecule has 0 atom stereocenters. The fourth-order valence-electron chi connectivity index (χ4n) is 3.23. The molecule has 2 heterocycles. The highest BCUT2D eigenvalue weighted by atomic mass is 16.5. The van der Waals surface area contributed by atoms with Crippen molar-refractivity contribution < 1.29 is 4.74 Å². The number of piperidine rings is 1. The monoisotopic (exact) mass is 310 g/mol. The molecule has 1 aliphatic heterocycles. The fraction of sp³-hybridized carbons (Fsp3) is 0.450. The van der Waals surface area contributed by atoms with Gasteiger partial charge in [-0.25, -0.2) is 4.98 Å². The summed E-state index contributed by atoms with van der Waals surface area (Å²) in [4.78, 5) is 4.73. The van der Waals surface area contributed by atoms with Gasteiger partial charge in [0.05, 0.1) is 0 Å². The third-order valence-corrected chi connectivity index (χ3v) is 4.62. The summed E-state index contributed by atoms with van der Waals surface area (Å²) >= 11 is 0. The largest absolute Gasteiger partial charge is 0.473 e. The molecule has 3 rings (SSSR count). The smallest absolute Gasteiger partial charge is 0.213 e. The van der Waals surface area contributed by atoms with Gasteiger partial charge >= 0.3 is 0 Å². The molecule has 0 amide bonds. The summed E-state index contributed by atoms with van der Waals surface area (Å²) in [7, 11) is 0. The van der Waals surface area contributed by atoms with Crippen molar-refractivity contribution in [3.05, 3.63) is 58.8 Å². The Bertz CT molecular complexity index is 648. The minimum atomic E-state index is 0.561. The van der Waals surface area contributed by atoms with Gasteiger partial charge in [0.15, 0.2) is 0 Å². The predicted octanol–water partition coefficient (Wildman–Crippen LogP) is 4.00. The fourth-order valence-corrected chi connectivity index (χ4v) is 3.23. The van der Waals surface area contributed by atoms with Crippen molar-refractivity contribution in [1.82, 2.24) is 10.3 Å². The zero-order valence-electron chi connectivity index (χ0n) is 14.1. The van der Waals surface area contributed by atoms with E-state index in [0.29, 0.717) is 12.5 Å². The third-order valence-electron chi connectivity index (χ3n) is 4.62. The summed E-state index contributed by atoms with van der Waals surface area (Å²) in [6, 6.07) is 12.7. The van der Waals surface area contributed by atoms with Gasteiger partial charge in [0.25, 0.3) is 0 Å². The average molecular weight is 310 g/mol. The first-order valence-electron chi connectivity index (χ1n) is 8.65. The molecule has 1 aromatic carbocycles. The van der Waals surface area contributed by atoms with Gasteiger partial charge in [0.2, 0.25) is 5.88 Å². The van der Waals surface area contributed by atoms with Crippen LogP contribution in [0.4, 0.5) is 0 Å². The molecule has 2 aromatic rings. The Morgan fingerprint density at radius 1 is 1.13 bits per heavy atom. The number of pyridine rings is 1. The summed E-state index contributed by atoms with van der Waals surface area (Å²) in [6.07, 6.45) is 3.35. The highest BCUT2D eigenvalue weighted by molar-refractivity contribution is 5.31. The van der Waals surface area contributed by atoms with Crippen LogP contribution in [-0.2, 0) is 13.0 Å². The van der Waals surface area contributed by atoms with Crippen molar-refractivity contribution >= 4 is 0 Å². The maximum atomic E-state index is 5.98. The van der Waals surface area contributed by atoms with Crippen LogP contribution in [0.15, 0.2) is 36.4 Å². The Balaban J connectivity index is 1.68. The lowest BCUT2D eigenvalue weighted by atomic mass is 9.94. The molecular weight excluding hydrogens is 284 g/mol. The number of aromatic nitrogens is 1. The number of hydrogen-bond donors (Lipinski definition) is 1. The summed E-state index contributed by atoms with van der Waals surface area (Å²) in [6.45, 7) is 7.08. The number of nitrogens with zero attached hydrogens (tertiary/aromatic N) is 1. The van der Waals surface area contributed by atoms with Crippen LogP contribution in [0.1, 0.15) is 48.1 Å². The molecule has 0 bridgehead atoms. The van der Waals surface area contributed by atoms with Gasteiger partial charge < -0.3 is 10.1 Å². The van der Waals surface area contributed by atoms with Gasteiger partial charge in [0, 0.05) is 17.7 Å². The molecule has 23 heavy (non-hydrogen) atoms.